The van der Waals surface area contributed by atoms with Crippen LogP contribution in [0, 0.1) is 0 Å². The Morgan fingerprint density at radius 1 is 0.917 bits per heavy atom. The van der Waals surface area contributed by atoms with Crippen molar-refractivity contribution in [3.63, 3.8) is 0 Å². The molecule has 0 bridgehead atoms. The fraction of sp³-hybridized carbons (Fsp3) is 0. The molecular weight excluding hydrogens is 195 g/mol. The van der Waals surface area contributed by atoms with E-state index in [0.29, 0.717) is 21.1 Å². The van der Waals surface area contributed by atoms with Gasteiger partial charge in [-0.15, -0.1) is 0 Å². The standard InChI is InChI=1S/C8H4Cl2N2/c9-5-1-3-11-8-7(5)6(10)2-4-12-8/h1-4H. The minimum Gasteiger partial charge on any atom is -0.236 e. The maximum Gasteiger partial charge on any atom is 0.162 e. The lowest BCUT2D eigenvalue weighted by atomic mass is 10.3. The van der Waals surface area contributed by atoms with Crippen molar-refractivity contribution in [2.24, 2.45) is 0 Å². The summed E-state index contributed by atoms with van der Waals surface area (Å²) in [6.45, 7) is 0. The lowest BCUT2D eigenvalue weighted by molar-refractivity contribution is 1.29. The highest BCUT2D eigenvalue weighted by molar-refractivity contribution is 6.41. The van der Waals surface area contributed by atoms with E-state index in [2.05, 4.69) is 9.97 Å². The van der Waals surface area contributed by atoms with E-state index in [0.717, 1.165) is 0 Å². The molecule has 60 valence electrons. The number of fused-ring (bicyclic) bond motifs is 1. The van der Waals surface area contributed by atoms with Gasteiger partial charge in [-0.2, -0.15) is 0 Å². The third-order valence-electron chi connectivity index (χ3n) is 1.54. The van der Waals surface area contributed by atoms with Gasteiger partial charge in [-0.25, -0.2) is 9.97 Å². The van der Waals surface area contributed by atoms with Gasteiger partial charge in [-0.05, 0) is 12.1 Å². The Balaban J connectivity index is 2.96. The highest BCUT2D eigenvalue weighted by atomic mass is 35.5. The first kappa shape index (κ1) is 7.77. The van der Waals surface area contributed by atoms with Gasteiger partial charge in [-0.1, -0.05) is 23.2 Å². The average molecular weight is 199 g/mol. The van der Waals surface area contributed by atoms with Gasteiger partial charge in [0, 0.05) is 12.4 Å². The predicted octanol–water partition coefficient (Wildman–Crippen LogP) is 2.94. The van der Waals surface area contributed by atoms with E-state index in [1.165, 1.54) is 0 Å². The van der Waals surface area contributed by atoms with Gasteiger partial charge in [-0.3, -0.25) is 0 Å². The molecule has 0 aliphatic carbocycles. The third-order valence-corrected chi connectivity index (χ3v) is 2.17. The Labute approximate surface area is 79.2 Å². The zero-order chi connectivity index (χ0) is 8.55. The van der Waals surface area contributed by atoms with Crippen LogP contribution >= 0.6 is 23.2 Å². The molecule has 0 unspecified atom stereocenters. The van der Waals surface area contributed by atoms with Crippen LogP contribution in [0.15, 0.2) is 24.5 Å². The molecule has 2 heterocycles. The van der Waals surface area contributed by atoms with E-state index in [4.69, 9.17) is 23.2 Å². The summed E-state index contributed by atoms with van der Waals surface area (Å²) in [5.74, 6) is 0. The zero-order valence-electron chi connectivity index (χ0n) is 5.96. The minimum absolute atomic E-state index is 0.579. The summed E-state index contributed by atoms with van der Waals surface area (Å²) in [5, 5.41) is 1.87. The molecule has 0 aromatic carbocycles. The van der Waals surface area contributed by atoms with Gasteiger partial charge >= 0.3 is 0 Å². The molecule has 0 saturated heterocycles. The maximum atomic E-state index is 5.90. The zero-order valence-corrected chi connectivity index (χ0v) is 7.47. The van der Waals surface area contributed by atoms with Crippen LogP contribution in [0.2, 0.25) is 10.0 Å². The van der Waals surface area contributed by atoms with E-state index in [1.807, 2.05) is 0 Å². The molecule has 0 saturated carbocycles. The van der Waals surface area contributed by atoms with E-state index < -0.39 is 0 Å². The van der Waals surface area contributed by atoms with Crippen LogP contribution < -0.4 is 0 Å². The van der Waals surface area contributed by atoms with Crippen molar-refractivity contribution in [2.75, 3.05) is 0 Å². The largest absolute Gasteiger partial charge is 0.236 e. The van der Waals surface area contributed by atoms with Crippen LogP contribution in [0.4, 0.5) is 0 Å². The average Bonchev–Trinajstić information content (AvgIpc) is 2.04. The number of hydrogen-bond donors (Lipinski definition) is 0. The molecule has 0 atom stereocenters. The van der Waals surface area contributed by atoms with Crippen molar-refractivity contribution < 1.29 is 0 Å². The number of halogens is 2. The topological polar surface area (TPSA) is 25.8 Å². The fourth-order valence-corrected chi connectivity index (χ4v) is 1.54. The van der Waals surface area contributed by atoms with E-state index in [1.54, 1.807) is 24.5 Å². The van der Waals surface area contributed by atoms with E-state index in [9.17, 15) is 0 Å². The summed E-state index contributed by atoms with van der Waals surface area (Å²) in [7, 11) is 0. The number of nitrogens with zero attached hydrogens (tertiary/aromatic N) is 2. The van der Waals surface area contributed by atoms with Crippen LogP contribution in [-0.2, 0) is 0 Å². The molecule has 0 aliphatic rings. The minimum atomic E-state index is 0.579. The normalized spacial score (nSPS) is 10.5. The summed E-state index contributed by atoms with van der Waals surface area (Å²) >= 11 is 11.8. The van der Waals surface area contributed by atoms with Crippen LogP contribution in [0.5, 0.6) is 0 Å². The Bertz CT molecular complexity index is 392. The third kappa shape index (κ3) is 1.13. The van der Waals surface area contributed by atoms with Crippen molar-refractivity contribution in [2.45, 2.75) is 0 Å². The number of pyridine rings is 2. The Morgan fingerprint density at radius 3 is 1.83 bits per heavy atom. The first-order valence-electron chi connectivity index (χ1n) is 3.34. The Hall–Kier alpha value is -0.860. The monoisotopic (exact) mass is 198 g/mol. The SMILES string of the molecule is Clc1ccnc2nccc(Cl)c12. The molecule has 2 aromatic heterocycles. The highest BCUT2D eigenvalue weighted by Gasteiger charge is 2.03. The molecule has 0 fully saturated rings. The molecule has 0 radical (unpaired) electrons. The second-order valence-electron chi connectivity index (χ2n) is 2.28. The van der Waals surface area contributed by atoms with Crippen molar-refractivity contribution in [1.82, 2.24) is 9.97 Å². The number of aromatic nitrogens is 2. The molecule has 0 amide bonds. The van der Waals surface area contributed by atoms with E-state index >= 15 is 0 Å². The molecule has 12 heavy (non-hydrogen) atoms. The smallest absolute Gasteiger partial charge is 0.162 e. The summed E-state index contributed by atoms with van der Waals surface area (Å²) in [6, 6.07) is 3.38. The molecule has 2 aromatic rings. The lowest BCUT2D eigenvalue weighted by Gasteiger charge is -1.99. The Kier molecular flexibility index (Phi) is 1.87. The quantitative estimate of drug-likeness (QED) is 0.651. The first-order valence-corrected chi connectivity index (χ1v) is 4.09. The van der Waals surface area contributed by atoms with E-state index in [-0.39, 0.29) is 0 Å². The maximum absolute atomic E-state index is 5.90. The van der Waals surface area contributed by atoms with Gasteiger partial charge in [0.2, 0.25) is 0 Å². The number of hydrogen-bond acceptors (Lipinski definition) is 2. The first-order chi connectivity index (χ1) is 5.79. The van der Waals surface area contributed by atoms with Gasteiger partial charge < -0.3 is 0 Å². The van der Waals surface area contributed by atoms with Crippen LogP contribution in [0.25, 0.3) is 11.0 Å². The van der Waals surface area contributed by atoms with Gasteiger partial charge in [0.05, 0.1) is 15.4 Å². The van der Waals surface area contributed by atoms with Crippen LogP contribution in [0.1, 0.15) is 0 Å². The van der Waals surface area contributed by atoms with Gasteiger partial charge in [0.1, 0.15) is 0 Å². The molecule has 0 spiro atoms. The molecule has 0 N–H and O–H groups in total. The lowest BCUT2D eigenvalue weighted by Crippen LogP contribution is -1.83. The molecule has 0 aliphatic heterocycles. The molecule has 4 heteroatoms. The second-order valence-corrected chi connectivity index (χ2v) is 3.10. The van der Waals surface area contributed by atoms with Crippen molar-refractivity contribution in [1.29, 1.82) is 0 Å². The highest BCUT2D eigenvalue weighted by Crippen LogP contribution is 2.26. The summed E-state index contributed by atoms with van der Waals surface area (Å²) in [5.41, 5.74) is 0.579. The summed E-state index contributed by atoms with van der Waals surface area (Å²) in [4.78, 5) is 8.05. The molecular formula is C8H4Cl2N2. The van der Waals surface area contributed by atoms with Crippen molar-refractivity contribution in [3.05, 3.63) is 34.6 Å². The van der Waals surface area contributed by atoms with Crippen LogP contribution in [0.3, 0.4) is 0 Å². The molecule has 2 nitrogen and oxygen atoms in total. The van der Waals surface area contributed by atoms with Crippen molar-refractivity contribution in [3.8, 4) is 0 Å². The summed E-state index contributed by atoms with van der Waals surface area (Å²) in [6.07, 6.45) is 3.21. The van der Waals surface area contributed by atoms with Gasteiger partial charge in [0.25, 0.3) is 0 Å². The number of rotatable bonds is 0. The van der Waals surface area contributed by atoms with Crippen LogP contribution in [-0.4, -0.2) is 9.97 Å². The summed E-state index contributed by atoms with van der Waals surface area (Å²) < 4.78 is 0. The Morgan fingerprint density at radius 2 is 1.42 bits per heavy atom. The fourth-order valence-electron chi connectivity index (χ4n) is 1.00. The molecule has 2 rings (SSSR count). The van der Waals surface area contributed by atoms with Crippen molar-refractivity contribution >= 4 is 34.2 Å². The van der Waals surface area contributed by atoms with Gasteiger partial charge in [0.15, 0.2) is 5.65 Å². The second kappa shape index (κ2) is 2.88. The predicted molar refractivity (Wildman–Crippen MR) is 49.6 cm³/mol.